The number of hydrogen-bond acceptors (Lipinski definition) is 3. The van der Waals surface area contributed by atoms with E-state index < -0.39 is 0 Å². The summed E-state index contributed by atoms with van der Waals surface area (Å²) in [6.45, 7) is 0. The molecule has 0 aromatic heterocycles. The van der Waals surface area contributed by atoms with E-state index in [0.29, 0.717) is 11.4 Å². The van der Waals surface area contributed by atoms with Crippen LogP contribution < -0.4 is 20.1 Å². The number of carbonyl (C=O) groups is 1. The van der Waals surface area contributed by atoms with Crippen LogP contribution in [0.25, 0.3) is 0 Å². The lowest BCUT2D eigenvalue weighted by atomic mass is 9.77. The normalized spacial score (nSPS) is 20.3. The monoisotopic (exact) mass is 366 g/mol. The molecule has 0 radical (unpaired) electrons. The van der Waals surface area contributed by atoms with E-state index in [-0.39, 0.29) is 17.7 Å². The lowest BCUT2D eigenvalue weighted by Crippen LogP contribution is -2.47. The Bertz CT molecular complexity index is 815. The predicted molar refractivity (Wildman–Crippen MR) is 105 cm³/mol. The highest BCUT2D eigenvalue weighted by Crippen LogP contribution is 2.46. The highest BCUT2D eigenvalue weighted by atomic mass is 16.5. The zero-order chi connectivity index (χ0) is 18.7. The summed E-state index contributed by atoms with van der Waals surface area (Å²) in [5.74, 6) is 1.54. The van der Waals surface area contributed by atoms with Crippen molar-refractivity contribution >= 4 is 11.7 Å². The zero-order valence-electron chi connectivity index (χ0n) is 15.7. The number of fused-ring (bicyclic) bond motifs is 1. The van der Waals surface area contributed by atoms with Crippen LogP contribution in [-0.2, 0) is 0 Å². The lowest BCUT2D eigenvalue weighted by Gasteiger charge is -2.44. The molecule has 0 unspecified atom stereocenters. The predicted octanol–water partition coefficient (Wildman–Crippen LogP) is 5.04. The van der Waals surface area contributed by atoms with Gasteiger partial charge in [-0.1, -0.05) is 36.8 Å². The van der Waals surface area contributed by atoms with Gasteiger partial charge in [0.1, 0.15) is 17.1 Å². The Morgan fingerprint density at radius 2 is 1.81 bits per heavy atom. The van der Waals surface area contributed by atoms with E-state index >= 15 is 0 Å². The van der Waals surface area contributed by atoms with E-state index in [1.54, 1.807) is 7.11 Å². The summed E-state index contributed by atoms with van der Waals surface area (Å²) in [5, 5.41) is 6.08. The van der Waals surface area contributed by atoms with Crippen molar-refractivity contribution < 1.29 is 14.3 Å². The molecule has 1 spiro atoms. The first-order chi connectivity index (χ1) is 13.2. The minimum absolute atomic E-state index is 0.0669. The molecule has 0 saturated heterocycles. The molecule has 0 bridgehead atoms. The van der Waals surface area contributed by atoms with Crippen molar-refractivity contribution in [1.29, 1.82) is 0 Å². The standard InChI is InChI=1S/C22H26N2O3/c1-26-20-12-6-4-10-17(20)23-21(25)24-18-15-22(13-7-2-8-14-22)27-19-11-5-3-9-16(18)19/h3-6,9-12,18H,2,7-8,13-15H2,1H3,(H2,23,24,25)/t18-/m1/s1. The van der Waals surface area contributed by atoms with Gasteiger partial charge < -0.3 is 20.1 Å². The van der Waals surface area contributed by atoms with Crippen LogP contribution in [0.3, 0.4) is 0 Å². The van der Waals surface area contributed by atoms with Crippen molar-refractivity contribution in [2.45, 2.75) is 50.2 Å². The number of rotatable bonds is 3. The van der Waals surface area contributed by atoms with Crippen molar-refractivity contribution in [3.05, 3.63) is 54.1 Å². The maximum absolute atomic E-state index is 12.7. The number of ether oxygens (including phenoxy) is 2. The number of benzene rings is 2. The molecule has 1 saturated carbocycles. The van der Waals surface area contributed by atoms with Gasteiger partial charge in [0, 0.05) is 12.0 Å². The molecule has 5 heteroatoms. The summed E-state index contributed by atoms with van der Waals surface area (Å²) in [4.78, 5) is 12.7. The molecule has 2 amide bonds. The Hall–Kier alpha value is -2.69. The molecule has 2 N–H and O–H groups in total. The summed E-state index contributed by atoms with van der Waals surface area (Å²) in [6, 6.07) is 15.2. The maximum Gasteiger partial charge on any atom is 0.319 e. The van der Waals surface area contributed by atoms with Crippen LogP contribution in [0.5, 0.6) is 11.5 Å². The molecular weight excluding hydrogens is 340 g/mol. The van der Waals surface area contributed by atoms with Gasteiger partial charge in [0.2, 0.25) is 0 Å². The molecular formula is C22H26N2O3. The van der Waals surface area contributed by atoms with Gasteiger partial charge in [0.05, 0.1) is 18.8 Å². The van der Waals surface area contributed by atoms with Crippen LogP contribution in [0.4, 0.5) is 10.5 Å². The topological polar surface area (TPSA) is 59.6 Å². The molecule has 2 aromatic carbocycles. The van der Waals surface area contributed by atoms with Crippen LogP contribution >= 0.6 is 0 Å². The smallest absolute Gasteiger partial charge is 0.319 e. The highest BCUT2D eigenvalue weighted by Gasteiger charge is 2.42. The fourth-order valence-electron chi connectivity index (χ4n) is 4.31. The van der Waals surface area contributed by atoms with Crippen LogP contribution in [0, 0.1) is 0 Å². The van der Waals surface area contributed by atoms with Crippen LogP contribution in [0.15, 0.2) is 48.5 Å². The average Bonchev–Trinajstić information content (AvgIpc) is 2.69. The Morgan fingerprint density at radius 3 is 2.63 bits per heavy atom. The second-order valence-corrected chi connectivity index (χ2v) is 7.44. The summed E-state index contributed by atoms with van der Waals surface area (Å²) in [5.41, 5.74) is 1.55. The van der Waals surface area contributed by atoms with Gasteiger partial charge in [-0.3, -0.25) is 0 Å². The molecule has 1 aliphatic carbocycles. The molecule has 1 fully saturated rings. The maximum atomic E-state index is 12.7. The SMILES string of the molecule is COc1ccccc1NC(=O)N[C@@H]1CC2(CCCCC2)Oc2ccccc21. The molecule has 1 atom stereocenters. The molecule has 142 valence electrons. The first-order valence-corrected chi connectivity index (χ1v) is 9.68. The molecule has 4 rings (SSSR count). The number of amides is 2. The highest BCUT2D eigenvalue weighted by molar-refractivity contribution is 5.91. The van der Waals surface area contributed by atoms with Gasteiger partial charge in [0.25, 0.3) is 0 Å². The number of methoxy groups -OCH3 is 1. The first kappa shape index (κ1) is 17.7. The van der Waals surface area contributed by atoms with Crippen molar-refractivity contribution in [3.63, 3.8) is 0 Å². The third-order valence-corrected chi connectivity index (χ3v) is 5.62. The number of urea groups is 1. The van der Waals surface area contributed by atoms with E-state index in [4.69, 9.17) is 9.47 Å². The third-order valence-electron chi connectivity index (χ3n) is 5.62. The molecule has 2 aliphatic rings. The Balaban J connectivity index is 1.54. The molecule has 1 aliphatic heterocycles. The Morgan fingerprint density at radius 1 is 1.07 bits per heavy atom. The van der Waals surface area contributed by atoms with Gasteiger partial charge in [0.15, 0.2) is 0 Å². The number of carbonyl (C=O) groups excluding carboxylic acids is 1. The number of para-hydroxylation sites is 3. The minimum Gasteiger partial charge on any atom is -0.495 e. The van der Waals surface area contributed by atoms with Gasteiger partial charge in [-0.15, -0.1) is 0 Å². The Labute approximate surface area is 160 Å². The van der Waals surface area contributed by atoms with Gasteiger partial charge in [-0.2, -0.15) is 0 Å². The van der Waals surface area contributed by atoms with Crippen LogP contribution in [-0.4, -0.2) is 18.7 Å². The first-order valence-electron chi connectivity index (χ1n) is 9.68. The molecule has 1 heterocycles. The third kappa shape index (κ3) is 3.72. The molecule has 5 nitrogen and oxygen atoms in total. The Kier molecular flexibility index (Phi) is 4.92. The summed E-state index contributed by atoms with van der Waals surface area (Å²) in [6.07, 6.45) is 6.54. The fraction of sp³-hybridized carbons (Fsp3) is 0.409. The van der Waals surface area contributed by atoms with E-state index in [9.17, 15) is 4.79 Å². The fourth-order valence-corrected chi connectivity index (χ4v) is 4.31. The van der Waals surface area contributed by atoms with Crippen molar-refractivity contribution in [1.82, 2.24) is 5.32 Å². The van der Waals surface area contributed by atoms with E-state index in [0.717, 1.165) is 30.6 Å². The second kappa shape index (κ2) is 7.51. The van der Waals surface area contributed by atoms with Crippen molar-refractivity contribution in [2.24, 2.45) is 0 Å². The molecule has 27 heavy (non-hydrogen) atoms. The number of nitrogens with one attached hydrogen (secondary N) is 2. The average molecular weight is 366 g/mol. The minimum atomic E-state index is -0.229. The van der Waals surface area contributed by atoms with Gasteiger partial charge in [-0.25, -0.2) is 4.79 Å². The van der Waals surface area contributed by atoms with Gasteiger partial charge >= 0.3 is 6.03 Å². The summed E-state index contributed by atoms with van der Waals surface area (Å²) < 4.78 is 11.8. The quantitative estimate of drug-likeness (QED) is 0.800. The number of hydrogen-bond donors (Lipinski definition) is 2. The van der Waals surface area contributed by atoms with Crippen LogP contribution in [0.2, 0.25) is 0 Å². The van der Waals surface area contributed by atoms with E-state index in [2.05, 4.69) is 10.6 Å². The van der Waals surface area contributed by atoms with Crippen molar-refractivity contribution in [3.8, 4) is 11.5 Å². The largest absolute Gasteiger partial charge is 0.495 e. The second-order valence-electron chi connectivity index (χ2n) is 7.44. The zero-order valence-corrected chi connectivity index (χ0v) is 15.7. The molecule has 2 aromatic rings. The van der Waals surface area contributed by atoms with Crippen LogP contribution in [0.1, 0.15) is 50.1 Å². The summed E-state index contributed by atoms with van der Waals surface area (Å²) >= 11 is 0. The lowest BCUT2D eigenvalue weighted by molar-refractivity contribution is -0.000996. The summed E-state index contributed by atoms with van der Waals surface area (Å²) in [7, 11) is 1.60. The van der Waals surface area contributed by atoms with Crippen molar-refractivity contribution in [2.75, 3.05) is 12.4 Å². The number of anilines is 1. The van der Waals surface area contributed by atoms with Gasteiger partial charge in [-0.05, 0) is 43.9 Å². The van der Waals surface area contributed by atoms with E-state index in [1.165, 1.54) is 19.3 Å². The van der Waals surface area contributed by atoms with E-state index in [1.807, 2.05) is 48.5 Å².